The Morgan fingerprint density at radius 1 is 1.45 bits per heavy atom. The van der Waals surface area contributed by atoms with Crippen molar-refractivity contribution in [2.75, 3.05) is 26.8 Å². The highest BCUT2D eigenvalue weighted by molar-refractivity contribution is 4.52. The summed E-state index contributed by atoms with van der Waals surface area (Å²) in [6.07, 6.45) is 1.15. The van der Waals surface area contributed by atoms with Crippen molar-refractivity contribution in [1.29, 1.82) is 0 Å². The number of hydrogen-bond donors (Lipinski definition) is 2. The molecule has 0 spiro atoms. The lowest BCUT2D eigenvalue weighted by Gasteiger charge is -2.10. The summed E-state index contributed by atoms with van der Waals surface area (Å²) < 4.78 is 5.28. The largest absolute Gasteiger partial charge is 0.381 e. The molecule has 3 nitrogen and oxygen atoms in total. The molecule has 0 fully saturated rings. The lowest BCUT2D eigenvalue weighted by atomic mass is 10.1. The first kappa shape index (κ1) is 10.9. The van der Waals surface area contributed by atoms with Gasteiger partial charge in [-0.3, -0.25) is 10.9 Å². The molecule has 1 unspecified atom stereocenters. The fraction of sp³-hybridized carbons (Fsp3) is 1.00. The fourth-order valence-corrected chi connectivity index (χ4v) is 0.846. The van der Waals surface area contributed by atoms with Gasteiger partial charge in [-0.25, -0.2) is 0 Å². The van der Waals surface area contributed by atoms with Crippen LogP contribution in [0.1, 0.15) is 20.3 Å². The van der Waals surface area contributed by atoms with Gasteiger partial charge >= 0.3 is 0 Å². The Morgan fingerprint density at radius 3 is 2.73 bits per heavy atom. The maximum Gasteiger partial charge on any atom is 0.0491 e. The number of hydrogen-bond acceptors (Lipinski definition) is 3. The zero-order valence-electron chi connectivity index (χ0n) is 7.81. The summed E-state index contributed by atoms with van der Waals surface area (Å²) in [6, 6.07) is 0. The first-order valence-electron chi connectivity index (χ1n) is 4.28. The molecule has 0 bridgehead atoms. The normalized spacial score (nSPS) is 13.4. The Hall–Kier alpha value is -0.120. The molecule has 0 aliphatic heterocycles. The molecule has 0 aliphatic carbocycles. The summed E-state index contributed by atoms with van der Waals surface area (Å²) >= 11 is 0. The molecular weight excluding hydrogens is 140 g/mol. The second-order valence-corrected chi connectivity index (χ2v) is 2.73. The van der Waals surface area contributed by atoms with Crippen LogP contribution in [0.5, 0.6) is 0 Å². The summed E-state index contributed by atoms with van der Waals surface area (Å²) in [5, 5.41) is 0. The van der Waals surface area contributed by atoms with Crippen molar-refractivity contribution < 1.29 is 4.74 Å². The van der Waals surface area contributed by atoms with Crippen LogP contribution in [0.4, 0.5) is 0 Å². The van der Waals surface area contributed by atoms with E-state index < -0.39 is 0 Å². The van der Waals surface area contributed by atoms with Gasteiger partial charge in [0.1, 0.15) is 0 Å². The molecule has 0 saturated heterocycles. The highest BCUT2D eigenvalue weighted by atomic mass is 16.5. The molecule has 0 aromatic heterocycles. The third-order valence-corrected chi connectivity index (χ3v) is 1.55. The van der Waals surface area contributed by atoms with E-state index in [1.54, 1.807) is 0 Å². The maximum absolute atomic E-state index is 5.28. The molecule has 0 saturated carbocycles. The topological polar surface area (TPSA) is 33.3 Å². The Bertz CT molecular complexity index is 78.5. The van der Waals surface area contributed by atoms with Gasteiger partial charge in [0.2, 0.25) is 0 Å². The molecule has 0 aliphatic rings. The lowest BCUT2D eigenvalue weighted by Crippen LogP contribution is -2.29. The summed E-state index contributed by atoms with van der Waals surface area (Å²) in [5.41, 5.74) is 5.94. The zero-order valence-corrected chi connectivity index (χ0v) is 7.81. The van der Waals surface area contributed by atoms with Crippen molar-refractivity contribution >= 4 is 0 Å². The van der Waals surface area contributed by atoms with Crippen LogP contribution in [0.25, 0.3) is 0 Å². The van der Waals surface area contributed by atoms with Gasteiger partial charge in [0, 0.05) is 19.8 Å². The number of nitrogens with one attached hydrogen (secondary N) is 2. The minimum absolute atomic E-state index is 0.649. The first-order valence-corrected chi connectivity index (χ1v) is 4.28. The molecule has 0 aromatic carbocycles. The molecule has 0 heterocycles. The Balaban J connectivity index is 3.02. The Morgan fingerprint density at radius 2 is 2.18 bits per heavy atom. The van der Waals surface area contributed by atoms with E-state index >= 15 is 0 Å². The summed E-state index contributed by atoms with van der Waals surface area (Å²) in [6.45, 7) is 6.93. The molecule has 0 rings (SSSR count). The number of rotatable bonds is 7. The Labute approximate surface area is 69.5 Å². The molecule has 1 atom stereocenters. The van der Waals surface area contributed by atoms with E-state index in [1.807, 2.05) is 14.0 Å². The third kappa shape index (κ3) is 7.78. The quantitative estimate of drug-likeness (QED) is 0.426. The van der Waals surface area contributed by atoms with Crippen molar-refractivity contribution in [3.8, 4) is 0 Å². The van der Waals surface area contributed by atoms with Crippen molar-refractivity contribution in [2.24, 2.45) is 5.92 Å². The standard InChI is InChI=1S/C8H20N2O/c1-4-11-7-8(2)5-6-10-9-3/h8-10H,4-7H2,1-3H3. The van der Waals surface area contributed by atoms with Crippen LogP contribution in [0.3, 0.4) is 0 Å². The van der Waals surface area contributed by atoms with Gasteiger partial charge in [-0.2, -0.15) is 0 Å². The SMILES string of the molecule is CCOCC(C)CCNNC. The highest BCUT2D eigenvalue weighted by Crippen LogP contribution is 1.99. The number of ether oxygens (including phenoxy) is 1. The van der Waals surface area contributed by atoms with Crippen LogP contribution in [0, 0.1) is 5.92 Å². The predicted molar refractivity (Wildman–Crippen MR) is 47.3 cm³/mol. The van der Waals surface area contributed by atoms with Crippen LogP contribution in [-0.2, 0) is 4.74 Å². The average molecular weight is 160 g/mol. The maximum atomic E-state index is 5.28. The minimum atomic E-state index is 0.649. The van der Waals surface area contributed by atoms with E-state index in [4.69, 9.17) is 4.74 Å². The smallest absolute Gasteiger partial charge is 0.0491 e. The summed E-state index contributed by atoms with van der Waals surface area (Å²) in [7, 11) is 1.88. The third-order valence-electron chi connectivity index (χ3n) is 1.55. The zero-order chi connectivity index (χ0) is 8.53. The lowest BCUT2D eigenvalue weighted by molar-refractivity contribution is 0.113. The van der Waals surface area contributed by atoms with E-state index in [0.717, 1.165) is 26.2 Å². The van der Waals surface area contributed by atoms with Gasteiger partial charge in [0.15, 0.2) is 0 Å². The van der Waals surface area contributed by atoms with Crippen molar-refractivity contribution in [3.05, 3.63) is 0 Å². The van der Waals surface area contributed by atoms with Gasteiger partial charge in [0.25, 0.3) is 0 Å². The van der Waals surface area contributed by atoms with E-state index in [1.165, 1.54) is 0 Å². The van der Waals surface area contributed by atoms with E-state index in [9.17, 15) is 0 Å². The second kappa shape index (κ2) is 7.98. The summed E-state index contributed by atoms with van der Waals surface area (Å²) in [5.74, 6) is 0.649. The molecule has 2 N–H and O–H groups in total. The molecule has 68 valence electrons. The molecule has 11 heavy (non-hydrogen) atoms. The van der Waals surface area contributed by atoms with Gasteiger partial charge in [-0.05, 0) is 26.3 Å². The van der Waals surface area contributed by atoms with Crippen molar-refractivity contribution in [3.63, 3.8) is 0 Å². The fourth-order valence-electron chi connectivity index (χ4n) is 0.846. The second-order valence-electron chi connectivity index (χ2n) is 2.73. The molecule has 0 aromatic rings. The van der Waals surface area contributed by atoms with Crippen LogP contribution in [0.15, 0.2) is 0 Å². The average Bonchev–Trinajstić information content (AvgIpc) is 2.01. The van der Waals surface area contributed by atoms with Gasteiger partial charge in [0.05, 0.1) is 0 Å². The monoisotopic (exact) mass is 160 g/mol. The molecule has 0 radical (unpaired) electrons. The van der Waals surface area contributed by atoms with Gasteiger partial charge in [-0.1, -0.05) is 6.92 Å². The van der Waals surface area contributed by atoms with E-state index in [0.29, 0.717) is 5.92 Å². The number of hydrazine groups is 1. The molecule has 3 heteroatoms. The molecular formula is C8H20N2O. The van der Waals surface area contributed by atoms with Crippen LogP contribution < -0.4 is 10.9 Å². The van der Waals surface area contributed by atoms with Crippen molar-refractivity contribution in [1.82, 2.24) is 10.9 Å². The first-order chi connectivity index (χ1) is 5.31. The predicted octanol–water partition coefficient (Wildman–Crippen LogP) is 0.773. The minimum Gasteiger partial charge on any atom is -0.381 e. The Kier molecular flexibility index (Phi) is 7.89. The van der Waals surface area contributed by atoms with Crippen LogP contribution >= 0.6 is 0 Å². The summed E-state index contributed by atoms with van der Waals surface area (Å²) in [4.78, 5) is 0. The van der Waals surface area contributed by atoms with E-state index in [-0.39, 0.29) is 0 Å². The van der Waals surface area contributed by atoms with Crippen LogP contribution in [-0.4, -0.2) is 26.8 Å². The van der Waals surface area contributed by atoms with Gasteiger partial charge < -0.3 is 4.74 Å². The van der Waals surface area contributed by atoms with E-state index in [2.05, 4.69) is 17.8 Å². The van der Waals surface area contributed by atoms with Crippen molar-refractivity contribution in [2.45, 2.75) is 20.3 Å². The molecule has 0 amide bonds. The van der Waals surface area contributed by atoms with Gasteiger partial charge in [-0.15, -0.1) is 0 Å². The highest BCUT2D eigenvalue weighted by Gasteiger charge is 1.99. The van der Waals surface area contributed by atoms with Crippen LogP contribution in [0.2, 0.25) is 0 Å².